The normalized spacial score (nSPS) is 24.7. The van der Waals surface area contributed by atoms with E-state index in [1.807, 2.05) is 35.2 Å². The SMILES string of the molecule is CN1CCCC2(CCN(C(=O)COc3ccccc3)CC2)C1C(=O)N1CCCC1. The van der Waals surface area contributed by atoms with Crippen molar-refractivity contribution in [2.45, 2.75) is 44.6 Å². The van der Waals surface area contributed by atoms with Crippen LogP contribution in [0.4, 0.5) is 0 Å². The van der Waals surface area contributed by atoms with E-state index in [0.717, 1.165) is 63.9 Å². The van der Waals surface area contributed by atoms with Gasteiger partial charge in [0.1, 0.15) is 5.75 Å². The number of likely N-dealkylation sites (N-methyl/N-ethyl adjacent to an activating group) is 1. The molecule has 6 nitrogen and oxygen atoms in total. The number of amides is 2. The molecular formula is C23H33N3O3. The van der Waals surface area contributed by atoms with Gasteiger partial charge in [-0.1, -0.05) is 18.2 Å². The van der Waals surface area contributed by atoms with Crippen LogP contribution in [0.15, 0.2) is 30.3 Å². The maximum atomic E-state index is 13.3. The minimum Gasteiger partial charge on any atom is -0.484 e. The first-order valence-corrected chi connectivity index (χ1v) is 11.0. The second-order valence-electron chi connectivity index (χ2n) is 8.86. The van der Waals surface area contributed by atoms with Crippen LogP contribution in [-0.4, -0.2) is 78.9 Å². The van der Waals surface area contributed by atoms with E-state index in [0.29, 0.717) is 19.0 Å². The summed E-state index contributed by atoms with van der Waals surface area (Å²) in [4.78, 5) is 32.3. The molecule has 3 aliphatic heterocycles. The van der Waals surface area contributed by atoms with Gasteiger partial charge in [0.05, 0.1) is 6.04 Å². The second kappa shape index (κ2) is 8.74. The van der Waals surface area contributed by atoms with Crippen LogP contribution in [0.1, 0.15) is 38.5 Å². The zero-order valence-electron chi connectivity index (χ0n) is 17.5. The van der Waals surface area contributed by atoms with Crippen molar-refractivity contribution in [2.75, 3.05) is 46.4 Å². The molecule has 0 aliphatic carbocycles. The molecule has 0 N–H and O–H groups in total. The van der Waals surface area contributed by atoms with Crippen molar-refractivity contribution >= 4 is 11.8 Å². The number of hydrogen-bond acceptors (Lipinski definition) is 4. The molecule has 2 amide bonds. The van der Waals surface area contributed by atoms with Crippen molar-refractivity contribution in [3.63, 3.8) is 0 Å². The van der Waals surface area contributed by atoms with Crippen LogP contribution in [0.2, 0.25) is 0 Å². The van der Waals surface area contributed by atoms with E-state index < -0.39 is 0 Å². The Kier molecular flexibility index (Phi) is 6.09. The monoisotopic (exact) mass is 399 g/mol. The third-order valence-electron chi connectivity index (χ3n) is 7.08. The zero-order chi connectivity index (χ0) is 20.3. The third-order valence-corrected chi connectivity index (χ3v) is 7.08. The van der Waals surface area contributed by atoms with Crippen molar-refractivity contribution in [3.05, 3.63) is 30.3 Å². The van der Waals surface area contributed by atoms with Gasteiger partial charge in [-0.25, -0.2) is 0 Å². The molecule has 1 spiro atoms. The minimum absolute atomic E-state index is 0.00371. The highest BCUT2D eigenvalue weighted by molar-refractivity contribution is 5.83. The fourth-order valence-corrected chi connectivity index (χ4v) is 5.45. The molecule has 0 bridgehead atoms. The molecule has 3 aliphatic rings. The Hall–Kier alpha value is -2.08. The summed E-state index contributed by atoms with van der Waals surface area (Å²) in [5, 5.41) is 0. The van der Waals surface area contributed by atoms with Gasteiger partial charge in [-0.15, -0.1) is 0 Å². The lowest BCUT2D eigenvalue weighted by Gasteiger charge is -2.52. The number of carbonyl (C=O) groups excluding carboxylic acids is 2. The van der Waals surface area contributed by atoms with Gasteiger partial charge in [0.25, 0.3) is 5.91 Å². The third kappa shape index (κ3) is 4.27. The number of likely N-dealkylation sites (tertiary alicyclic amines) is 3. The summed E-state index contributed by atoms with van der Waals surface area (Å²) < 4.78 is 5.64. The highest BCUT2D eigenvalue weighted by Crippen LogP contribution is 2.45. The predicted octanol–water partition coefficient (Wildman–Crippen LogP) is 2.39. The van der Waals surface area contributed by atoms with E-state index in [1.165, 1.54) is 0 Å². The van der Waals surface area contributed by atoms with Crippen molar-refractivity contribution in [1.29, 1.82) is 0 Å². The number of ether oxygens (including phenoxy) is 1. The Balaban J connectivity index is 1.38. The highest BCUT2D eigenvalue weighted by atomic mass is 16.5. The van der Waals surface area contributed by atoms with E-state index in [2.05, 4.69) is 16.8 Å². The van der Waals surface area contributed by atoms with Crippen LogP contribution in [0.25, 0.3) is 0 Å². The van der Waals surface area contributed by atoms with E-state index in [-0.39, 0.29) is 24.0 Å². The van der Waals surface area contributed by atoms with E-state index in [4.69, 9.17) is 4.74 Å². The lowest BCUT2D eigenvalue weighted by atomic mass is 9.66. The topological polar surface area (TPSA) is 53.1 Å². The first-order chi connectivity index (χ1) is 14.1. The van der Waals surface area contributed by atoms with Gasteiger partial charge in [-0.2, -0.15) is 0 Å². The number of piperidine rings is 2. The van der Waals surface area contributed by atoms with Gasteiger partial charge in [0, 0.05) is 26.2 Å². The average Bonchev–Trinajstić information content (AvgIpc) is 3.28. The van der Waals surface area contributed by atoms with Gasteiger partial charge in [0.2, 0.25) is 5.91 Å². The first kappa shape index (κ1) is 20.2. The number of carbonyl (C=O) groups is 2. The molecule has 0 radical (unpaired) electrons. The van der Waals surface area contributed by atoms with Gasteiger partial charge in [0.15, 0.2) is 6.61 Å². The van der Waals surface area contributed by atoms with Crippen LogP contribution >= 0.6 is 0 Å². The summed E-state index contributed by atoms with van der Waals surface area (Å²) in [5.74, 6) is 1.08. The van der Waals surface area contributed by atoms with Crippen molar-refractivity contribution < 1.29 is 14.3 Å². The molecule has 4 rings (SSSR count). The number of hydrogen-bond donors (Lipinski definition) is 0. The van der Waals surface area contributed by atoms with Crippen LogP contribution in [0.5, 0.6) is 5.75 Å². The molecule has 29 heavy (non-hydrogen) atoms. The van der Waals surface area contributed by atoms with Gasteiger partial charge >= 0.3 is 0 Å². The van der Waals surface area contributed by atoms with Crippen molar-refractivity contribution in [3.8, 4) is 5.75 Å². The van der Waals surface area contributed by atoms with Crippen LogP contribution in [0.3, 0.4) is 0 Å². The first-order valence-electron chi connectivity index (χ1n) is 11.0. The fraction of sp³-hybridized carbons (Fsp3) is 0.652. The molecule has 1 atom stereocenters. The Labute approximate surface area is 173 Å². The smallest absolute Gasteiger partial charge is 0.260 e. The molecule has 0 saturated carbocycles. The number of nitrogens with zero attached hydrogens (tertiary/aromatic N) is 3. The zero-order valence-corrected chi connectivity index (χ0v) is 17.5. The van der Waals surface area contributed by atoms with Crippen molar-refractivity contribution in [2.24, 2.45) is 5.41 Å². The van der Waals surface area contributed by atoms with Gasteiger partial charge in [-0.05, 0) is 69.7 Å². The molecule has 3 saturated heterocycles. The lowest BCUT2D eigenvalue weighted by molar-refractivity contribution is -0.148. The quantitative estimate of drug-likeness (QED) is 0.780. The van der Waals surface area contributed by atoms with Crippen LogP contribution in [0, 0.1) is 5.41 Å². The predicted molar refractivity (Wildman–Crippen MR) is 112 cm³/mol. The molecule has 1 aromatic rings. The van der Waals surface area contributed by atoms with Gasteiger partial charge in [-0.3, -0.25) is 14.5 Å². The minimum atomic E-state index is -0.0350. The molecule has 158 valence electrons. The van der Waals surface area contributed by atoms with Crippen LogP contribution in [-0.2, 0) is 9.59 Å². The Morgan fingerprint density at radius 3 is 2.31 bits per heavy atom. The number of benzene rings is 1. The van der Waals surface area contributed by atoms with Crippen LogP contribution < -0.4 is 4.74 Å². The summed E-state index contributed by atoms with van der Waals surface area (Å²) in [6, 6.07) is 9.44. The summed E-state index contributed by atoms with van der Waals surface area (Å²) in [7, 11) is 2.10. The fourth-order valence-electron chi connectivity index (χ4n) is 5.45. The summed E-state index contributed by atoms with van der Waals surface area (Å²) in [5.41, 5.74) is 0.00371. The van der Waals surface area contributed by atoms with Gasteiger partial charge < -0.3 is 14.5 Å². The number of para-hydroxylation sites is 1. The molecule has 1 unspecified atom stereocenters. The second-order valence-corrected chi connectivity index (χ2v) is 8.86. The molecule has 1 aromatic carbocycles. The Bertz CT molecular complexity index is 709. The lowest BCUT2D eigenvalue weighted by Crippen LogP contribution is -2.61. The molecular weight excluding hydrogens is 366 g/mol. The molecule has 6 heteroatoms. The van der Waals surface area contributed by atoms with Crippen molar-refractivity contribution in [1.82, 2.24) is 14.7 Å². The molecule has 3 heterocycles. The molecule has 3 fully saturated rings. The summed E-state index contributed by atoms with van der Waals surface area (Å²) in [6.07, 6.45) is 6.27. The molecule has 0 aromatic heterocycles. The maximum Gasteiger partial charge on any atom is 0.260 e. The summed E-state index contributed by atoms with van der Waals surface area (Å²) >= 11 is 0. The maximum absolute atomic E-state index is 13.3. The standard InChI is InChI=1S/C23H33N3O3/c1-24-13-7-10-23(21(24)22(28)26-14-5-6-15-26)11-16-25(17-12-23)20(27)18-29-19-8-3-2-4-9-19/h2-4,8-9,21H,5-7,10-18H2,1H3. The Morgan fingerprint density at radius 2 is 1.62 bits per heavy atom. The average molecular weight is 400 g/mol. The van der Waals surface area contributed by atoms with E-state index in [9.17, 15) is 9.59 Å². The summed E-state index contributed by atoms with van der Waals surface area (Å²) in [6.45, 7) is 4.30. The largest absolute Gasteiger partial charge is 0.484 e. The Morgan fingerprint density at radius 1 is 0.931 bits per heavy atom. The highest BCUT2D eigenvalue weighted by Gasteiger charge is 2.50. The van der Waals surface area contributed by atoms with E-state index in [1.54, 1.807) is 0 Å². The van der Waals surface area contributed by atoms with E-state index >= 15 is 0 Å². The number of rotatable bonds is 4.